The zero-order valence-electron chi connectivity index (χ0n) is 13.1. The van der Waals surface area contributed by atoms with Crippen molar-refractivity contribution in [1.82, 2.24) is 0 Å². The van der Waals surface area contributed by atoms with Gasteiger partial charge in [0.25, 0.3) is 0 Å². The molecule has 0 amide bonds. The average Bonchev–Trinajstić information content (AvgIpc) is 2.57. The normalized spacial score (nSPS) is 26.1. The first-order valence-electron chi connectivity index (χ1n) is 8.10. The molecule has 0 spiro atoms. The summed E-state index contributed by atoms with van der Waals surface area (Å²) < 4.78 is 6.90. The van der Waals surface area contributed by atoms with E-state index in [2.05, 4.69) is 46.4 Å². The number of phenolic OH excluding ortho intramolecular Hbond substituents is 1. The quantitative estimate of drug-likeness (QED) is 0.730. The molecule has 3 nitrogen and oxygen atoms in total. The average molecular weight is 374 g/mol. The lowest BCUT2D eigenvalue weighted by Crippen LogP contribution is -2.36. The molecule has 0 aromatic heterocycles. The molecule has 2 heterocycles. The summed E-state index contributed by atoms with van der Waals surface area (Å²) in [4.78, 5) is 0. The largest absolute Gasteiger partial charge is 0.507 e. The maximum atomic E-state index is 9.77. The van der Waals surface area contributed by atoms with Gasteiger partial charge in [0.15, 0.2) is 0 Å². The van der Waals surface area contributed by atoms with Gasteiger partial charge >= 0.3 is 0 Å². The zero-order chi connectivity index (χ0) is 16.0. The lowest BCUT2D eigenvalue weighted by atomic mass is 9.77. The Labute approximate surface area is 144 Å². The second-order valence-electron chi connectivity index (χ2n) is 6.52. The first-order chi connectivity index (χ1) is 11.1. The standard InChI is InChI=1S/C19H20BrNO2/c1-11-4-6-16-14(9-11)19-13(3-2-8-23-19)18(21-16)12-5-7-17(22)15(20)10-12/h4-7,9-10,13,18-19,21-22H,2-3,8H2,1H3/t13-,18+,19-/m0/s1. The SMILES string of the molecule is Cc1ccc2c(c1)[C@H]1OCCC[C@H]1[C@@H](c1ccc(O)c(Br)c1)N2. The highest BCUT2D eigenvalue weighted by atomic mass is 79.9. The molecule has 1 saturated heterocycles. The van der Waals surface area contributed by atoms with Gasteiger partial charge in [0, 0.05) is 23.8 Å². The van der Waals surface area contributed by atoms with Crippen molar-refractivity contribution in [3.8, 4) is 5.75 Å². The van der Waals surface area contributed by atoms with Gasteiger partial charge in [-0.1, -0.05) is 23.8 Å². The molecule has 4 rings (SSSR count). The number of halogens is 1. The van der Waals surface area contributed by atoms with E-state index in [0.29, 0.717) is 5.92 Å². The molecule has 0 aliphatic carbocycles. The monoisotopic (exact) mass is 373 g/mol. The van der Waals surface area contributed by atoms with E-state index >= 15 is 0 Å². The summed E-state index contributed by atoms with van der Waals surface area (Å²) in [6.07, 6.45) is 2.39. The van der Waals surface area contributed by atoms with E-state index < -0.39 is 0 Å². The van der Waals surface area contributed by atoms with Crippen LogP contribution in [-0.2, 0) is 4.74 Å². The summed E-state index contributed by atoms with van der Waals surface area (Å²) in [6, 6.07) is 12.5. The molecule has 23 heavy (non-hydrogen) atoms. The molecule has 2 aliphatic rings. The third-order valence-corrected chi connectivity index (χ3v) is 5.59. The number of aromatic hydroxyl groups is 1. The summed E-state index contributed by atoms with van der Waals surface area (Å²) in [7, 11) is 0. The molecule has 0 bridgehead atoms. The number of fused-ring (bicyclic) bond motifs is 3. The number of benzene rings is 2. The van der Waals surface area contributed by atoms with Crippen LogP contribution in [0.1, 0.15) is 41.7 Å². The van der Waals surface area contributed by atoms with E-state index in [4.69, 9.17) is 4.74 Å². The number of rotatable bonds is 1. The van der Waals surface area contributed by atoms with Crippen LogP contribution in [0, 0.1) is 12.8 Å². The number of hydrogen-bond acceptors (Lipinski definition) is 3. The highest BCUT2D eigenvalue weighted by Crippen LogP contribution is 2.49. The van der Waals surface area contributed by atoms with Crippen LogP contribution in [0.4, 0.5) is 5.69 Å². The van der Waals surface area contributed by atoms with Gasteiger partial charge in [-0.2, -0.15) is 0 Å². The van der Waals surface area contributed by atoms with Crippen LogP contribution in [0.15, 0.2) is 40.9 Å². The minimum Gasteiger partial charge on any atom is -0.507 e. The second-order valence-corrected chi connectivity index (χ2v) is 7.38. The highest BCUT2D eigenvalue weighted by molar-refractivity contribution is 9.10. The van der Waals surface area contributed by atoms with Crippen molar-refractivity contribution in [1.29, 1.82) is 0 Å². The molecule has 1 fully saturated rings. The minimum absolute atomic E-state index is 0.150. The number of anilines is 1. The molecule has 0 radical (unpaired) electrons. The van der Waals surface area contributed by atoms with Crippen LogP contribution in [-0.4, -0.2) is 11.7 Å². The number of aryl methyl sites for hydroxylation is 1. The van der Waals surface area contributed by atoms with Crippen LogP contribution >= 0.6 is 15.9 Å². The summed E-state index contributed by atoms with van der Waals surface area (Å²) in [5.41, 5.74) is 4.89. The molecule has 2 aromatic rings. The van der Waals surface area contributed by atoms with E-state index in [-0.39, 0.29) is 17.9 Å². The maximum absolute atomic E-state index is 9.77. The predicted octanol–water partition coefficient (Wildman–Crippen LogP) is 5.10. The fourth-order valence-corrected chi connectivity index (χ4v) is 4.23. The van der Waals surface area contributed by atoms with E-state index in [0.717, 1.165) is 29.6 Å². The molecular weight excluding hydrogens is 354 g/mol. The Kier molecular flexibility index (Phi) is 3.82. The maximum Gasteiger partial charge on any atom is 0.129 e. The van der Waals surface area contributed by atoms with Crippen molar-refractivity contribution in [2.75, 3.05) is 11.9 Å². The second kappa shape index (κ2) is 5.84. The van der Waals surface area contributed by atoms with Crippen molar-refractivity contribution in [2.45, 2.75) is 31.9 Å². The van der Waals surface area contributed by atoms with Crippen LogP contribution in [0.25, 0.3) is 0 Å². The topological polar surface area (TPSA) is 41.5 Å². The van der Waals surface area contributed by atoms with Crippen molar-refractivity contribution in [3.63, 3.8) is 0 Å². The lowest BCUT2D eigenvalue weighted by Gasteiger charge is -2.43. The Morgan fingerprint density at radius 2 is 2.09 bits per heavy atom. The smallest absolute Gasteiger partial charge is 0.129 e. The Morgan fingerprint density at radius 3 is 2.91 bits per heavy atom. The molecule has 4 heteroatoms. The first kappa shape index (κ1) is 15.0. The molecule has 0 unspecified atom stereocenters. The van der Waals surface area contributed by atoms with E-state index in [9.17, 15) is 5.11 Å². The van der Waals surface area contributed by atoms with E-state index in [1.54, 1.807) is 6.07 Å². The van der Waals surface area contributed by atoms with Gasteiger partial charge in [0.2, 0.25) is 0 Å². The zero-order valence-corrected chi connectivity index (χ0v) is 14.6. The lowest BCUT2D eigenvalue weighted by molar-refractivity contribution is -0.0381. The highest BCUT2D eigenvalue weighted by Gasteiger charge is 2.39. The van der Waals surface area contributed by atoms with E-state index in [1.165, 1.54) is 16.7 Å². The molecule has 3 atom stereocenters. The Balaban J connectivity index is 1.78. The van der Waals surface area contributed by atoms with Crippen molar-refractivity contribution >= 4 is 21.6 Å². The summed E-state index contributed by atoms with van der Waals surface area (Å²) in [5, 5.41) is 13.5. The van der Waals surface area contributed by atoms with Crippen molar-refractivity contribution in [3.05, 3.63) is 57.6 Å². The fourth-order valence-electron chi connectivity index (χ4n) is 3.84. The van der Waals surface area contributed by atoms with Gasteiger partial charge in [-0.25, -0.2) is 0 Å². The van der Waals surface area contributed by atoms with Gasteiger partial charge in [-0.15, -0.1) is 0 Å². The number of nitrogens with one attached hydrogen (secondary N) is 1. The summed E-state index contributed by atoms with van der Waals surface area (Å²) in [6.45, 7) is 2.96. The van der Waals surface area contributed by atoms with Crippen LogP contribution in [0.3, 0.4) is 0 Å². The minimum atomic E-state index is 0.150. The van der Waals surface area contributed by atoms with Crippen LogP contribution < -0.4 is 5.32 Å². The molecule has 0 saturated carbocycles. The van der Waals surface area contributed by atoms with Crippen LogP contribution in [0.2, 0.25) is 0 Å². The van der Waals surface area contributed by atoms with Gasteiger partial charge in [0.05, 0.1) is 16.6 Å². The van der Waals surface area contributed by atoms with Crippen LogP contribution in [0.5, 0.6) is 5.75 Å². The molecular formula is C19H20BrNO2. The van der Waals surface area contributed by atoms with Gasteiger partial charge < -0.3 is 15.2 Å². The predicted molar refractivity (Wildman–Crippen MR) is 94.8 cm³/mol. The summed E-state index contributed by atoms with van der Waals surface area (Å²) >= 11 is 3.43. The van der Waals surface area contributed by atoms with Crippen molar-refractivity contribution in [2.24, 2.45) is 5.92 Å². The van der Waals surface area contributed by atoms with Gasteiger partial charge in [-0.3, -0.25) is 0 Å². The summed E-state index contributed by atoms with van der Waals surface area (Å²) in [5.74, 6) is 0.687. The molecule has 120 valence electrons. The third-order valence-electron chi connectivity index (χ3n) is 4.95. The van der Waals surface area contributed by atoms with Gasteiger partial charge in [-0.05, 0) is 59.5 Å². The third kappa shape index (κ3) is 2.64. The van der Waals surface area contributed by atoms with Crippen molar-refractivity contribution < 1.29 is 9.84 Å². The molecule has 2 N–H and O–H groups in total. The fraction of sp³-hybridized carbons (Fsp3) is 0.368. The Morgan fingerprint density at radius 1 is 1.22 bits per heavy atom. The molecule has 2 aliphatic heterocycles. The Bertz CT molecular complexity index is 746. The first-order valence-corrected chi connectivity index (χ1v) is 8.90. The number of hydrogen-bond donors (Lipinski definition) is 2. The number of phenols is 1. The van der Waals surface area contributed by atoms with Gasteiger partial charge in [0.1, 0.15) is 5.75 Å². The number of ether oxygens (including phenoxy) is 1. The van der Waals surface area contributed by atoms with E-state index in [1.807, 2.05) is 12.1 Å². The Hall–Kier alpha value is -1.52. The molecule has 2 aromatic carbocycles.